The Morgan fingerprint density at radius 2 is 2.25 bits per heavy atom. The Kier molecular flexibility index (Phi) is 5.09. The van der Waals surface area contributed by atoms with Crippen LogP contribution >= 0.6 is 0 Å². The van der Waals surface area contributed by atoms with E-state index in [-0.39, 0.29) is 11.9 Å². The molecule has 1 saturated heterocycles. The zero-order chi connectivity index (χ0) is 14.4. The zero-order valence-corrected chi connectivity index (χ0v) is 11.7. The van der Waals surface area contributed by atoms with Crippen molar-refractivity contribution in [1.29, 1.82) is 0 Å². The third-order valence-corrected chi connectivity index (χ3v) is 3.62. The monoisotopic (exact) mass is 276 g/mol. The second kappa shape index (κ2) is 7.03. The van der Waals surface area contributed by atoms with Crippen molar-refractivity contribution in [2.75, 3.05) is 13.7 Å². The average Bonchev–Trinajstić information content (AvgIpc) is 2.52. The van der Waals surface area contributed by atoms with E-state index in [1.54, 1.807) is 11.1 Å². The van der Waals surface area contributed by atoms with E-state index in [4.69, 9.17) is 4.74 Å². The molecule has 1 aromatic rings. The second-order valence-corrected chi connectivity index (χ2v) is 4.94. The third kappa shape index (κ3) is 3.56. The van der Waals surface area contributed by atoms with Crippen molar-refractivity contribution in [2.45, 2.75) is 38.1 Å². The van der Waals surface area contributed by atoms with Gasteiger partial charge >= 0.3 is 5.97 Å². The zero-order valence-electron chi connectivity index (χ0n) is 11.7. The van der Waals surface area contributed by atoms with Crippen molar-refractivity contribution < 1.29 is 14.3 Å². The Labute approximate surface area is 118 Å². The summed E-state index contributed by atoms with van der Waals surface area (Å²) in [7, 11) is 1.37. The van der Waals surface area contributed by atoms with E-state index >= 15 is 0 Å². The van der Waals surface area contributed by atoms with Crippen LogP contribution in [0.25, 0.3) is 0 Å². The van der Waals surface area contributed by atoms with Gasteiger partial charge in [0.1, 0.15) is 6.04 Å². The highest BCUT2D eigenvalue weighted by Crippen LogP contribution is 2.19. The standard InChI is InChI=1S/C15H20N2O3/c1-20-15(19)13-7-3-5-11-17(13)14(18)9-8-12-6-2-4-10-16-12/h2,4,6,10,13H,3,5,7-9,11H2,1H3/t13-/m1/s1. The van der Waals surface area contributed by atoms with Gasteiger partial charge in [-0.25, -0.2) is 4.79 Å². The lowest BCUT2D eigenvalue weighted by atomic mass is 10.0. The molecule has 0 radical (unpaired) electrons. The van der Waals surface area contributed by atoms with Crippen LogP contribution in [0.1, 0.15) is 31.4 Å². The molecule has 2 heterocycles. The number of piperidine rings is 1. The predicted molar refractivity (Wildman–Crippen MR) is 73.9 cm³/mol. The lowest BCUT2D eigenvalue weighted by Gasteiger charge is -2.33. The number of ether oxygens (including phenoxy) is 1. The largest absolute Gasteiger partial charge is 0.467 e. The van der Waals surface area contributed by atoms with Gasteiger partial charge in [-0.3, -0.25) is 9.78 Å². The number of hydrogen-bond acceptors (Lipinski definition) is 4. The van der Waals surface area contributed by atoms with Crippen molar-refractivity contribution in [3.8, 4) is 0 Å². The number of amides is 1. The van der Waals surface area contributed by atoms with E-state index in [1.165, 1.54) is 7.11 Å². The fraction of sp³-hybridized carbons (Fsp3) is 0.533. The van der Waals surface area contributed by atoms with Crippen LogP contribution in [0.4, 0.5) is 0 Å². The second-order valence-electron chi connectivity index (χ2n) is 4.94. The summed E-state index contributed by atoms with van der Waals surface area (Å²) in [4.78, 5) is 29.9. The molecule has 0 spiro atoms. The fourth-order valence-electron chi connectivity index (χ4n) is 2.54. The van der Waals surface area contributed by atoms with Crippen LogP contribution in [0.15, 0.2) is 24.4 Å². The Morgan fingerprint density at radius 3 is 2.95 bits per heavy atom. The highest BCUT2D eigenvalue weighted by atomic mass is 16.5. The number of hydrogen-bond donors (Lipinski definition) is 0. The van der Waals surface area contributed by atoms with Crippen LogP contribution in [0.5, 0.6) is 0 Å². The van der Waals surface area contributed by atoms with E-state index in [0.717, 1.165) is 18.5 Å². The number of aromatic nitrogens is 1. The summed E-state index contributed by atoms with van der Waals surface area (Å²) in [6.45, 7) is 0.640. The molecule has 5 heteroatoms. The van der Waals surface area contributed by atoms with E-state index < -0.39 is 6.04 Å². The Morgan fingerprint density at radius 1 is 1.40 bits per heavy atom. The number of carbonyl (C=O) groups excluding carboxylic acids is 2. The molecular weight excluding hydrogens is 256 g/mol. The lowest BCUT2D eigenvalue weighted by molar-refractivity contribution is -0.154. The number of methoxy groups -OCH3 is 1. The van der Waals surface area contributed by atoms with Gasteiger partial charge in [0.15, 0.2) is 0 Å². The molecule has 0 N–H and O–H groups in total. The van der Waals surface area contributed by atoms with E-state index in [2.05, 4.69) is 4.98 Å². The number of rotatable bonds is 4. The first-order valence-corrected chi connectivity index (χ1v) is 6.99. The minimum atomic E-state index is -0.412. The van der Waals surface area contributed by atoms with Gasteiger partial charge < -0.3 is 9.64 Å². The number of likely N-dealkylation sites (tertiary alicyclic amines) is 1. The Balaban J connectivity index is 1.94. The maximum absolute atomic E-state index is 12.3. The van der Waals surface area contributed by atoms with Crippen LogP contribution in [0.3, 0.4) is 0 Å². The Hall–Kier alpha value is -1.91. The molecule has 5 nitrogen and oxygen atoms in total. The van der Waals surface area contributed by atoms with Gasteiger partial charge in [0.2, 0.25) is 5.91 Å². The summed E-state index contributed by atoms with van der Waals surface area (Å²) in [5, 5.41) is 0. The van der Waals surface area contributed by atoms with Gasteiger partial charge in [-0.1, -0.05) is 6.07 Å². The molecule has 1 aromatic heterocycles. The predicted octanol–water partition coefficient (Wildman–Crippen LogP) is 1.57. The third-order valence-electron chi connectivity index (χ3n) is 3.62. The molecule has 1 fully saturated rings. The minimum absolute atomic E-state index is 0.00533. The quantitative estimate of drug-likeness (QED) is 0.783. The number of nitrogens with zero attached hydrogens (tertiary/aromatic N) is 2. The van der Waals surface area contributed by atoms with Gasteiger partial charge in [0.05, 0.1) is 7.11 Å². The highest BCUT2D eigenvalue weighted by molar-refractivity contribution is 5.84. The smallest absolute Gasteiger partial charge is 0.328 e. The molecule has 20 heavy (non-hydrogen) atoms. The number of carbonyl (C=O) groups is 2. The molecule has 1 atom stereocenters. The highest BCUT2D eigenvalue weighted by Gasteiger charge is 2.32. The molecule has 2 rings (SSSR count). The van der Waals surface area contributed by atoms with Gasteiger partial charge in [-0.15, -0.1) is 0 Å². The maximum atomic E-state index is 12.3. The maximum Gasteiger partial charge on any atom is 0.328 e. The fourth-order valence-corrected chi connectivity index (χ4v) is 2.54. The van der Waals surface area contributed by atoms with E-state index in [1.807, 2.05) is 18.2 Å². The van der Waals surface area contributed by atoms with Crippen LogP contribution < -0.4 is 0 Å². The van der Waals surface area contributed by atoms with Crippen molar-refractivity contribution in [3.05, 3.63) is 30.1 Å². The molecule has 108 valence electrons. The lowest BCUT2D eigenvalue weighted by Crippen LogP contribution is -2.48. The molecule has 0 saturated carbocycles. The summed E-state index contributed by atoms with van der Waals surface area (Å²) >= 11 is 0. The summed E-state index contributed by atoms with van der Waals surface area (Å²) < 4.78 is 4.79. The van der Waals surface area contributed by atoms with Gasteiger partial charge in [0.25, 0.3) is 0 Å². The first-order valence-electron chi connectivity index (χ1n) is 6.99. The SMILES string of the molecule is COC(=O)[C@H]1CCCCN1C(=O)CCc1ccccn1. The van der Waals surface area contributed by atoms with Crippen molar-refractivity contribution in [2.24, 2.45) is 0 Å². The summed E-state index contributed by atoms with van der Waals surface area (Å²) in [6.07, 6.45) is 5.31. The van der Waals surface area contributed by atoms with Crippen LogP contribution in [0, 0.1) is 0 Å². The first kappa shape index (κ1) is 14.5. The molecule has 0 aliphatic carbocycles. The first-order chi connectivity index (χ1) is 9.72. The van der Waals surface area contributed by atoms with Crippen molar-refractivity contribution in [1.82, 2.24) is 9.88 Å². The molecule has 1 aliphatic rings. The molecule has 0 unspecified atom stereocenters. The van der Waals surface area contributed by atoms with Crippen molar-refractivity contribution in [3.63, 3.8) is 0 Å². The van der Waals surface area contributed by atoms with Crippen molar-refractivity contribution >= 4 is 11.9 Å². The van der Waals surface area contributed by atoms with E-state index in [0.29, 0.717) is 25.8 Å². The molecule has 0 aromatic carbocycles. The normalized spacial score (nSPS) is 18.6. The summed E-state index contributed by atoms with van der Waals surface area (Å²) in [6, 6.07) is 5.25. The van der Waals surface area contributed by atoms with Crippen LogP contribution in [-0.4, -0.2) is 41.5 Å². The van der Waals surface area contributed by atoms with Gasteiger partial charge in [-0.2, -0.15) is 0 Å². The molecule has 1 aliphatic heterocycles. The summed E-state index contributed by atoms with van der Waals surface area (Å²) in [5.74, 6) is -0.304. The number of pyridine rings is 1. The van der Waals surface area contributed by atoms with Gasteiger partial charge in [-0.05, 0) is 37.8 Å². The molecular formula is C15H20N2O3. The van der Waals surface area contributed by atoms with Gasteiger partial charge in [0, 0.05) is 24.9 Å². The number of esters is 1. The summed E-state index contributed by atoms with van der Waals surface area (Å²) in [5.41, 5.74) is 0.896. The van der Waals surface area contributed by atoms with Crippen LogP contribution in [-0.2, 0) is 20.7 Å². The molecule has 0 bridgehead atoms. The average molecular weight is 276 g/mol. The Bertz CT molecular complexity index is 461. The van der Waals surface area contributed by atoms with E-state index in [9.17, 15) is 9.59 Å². The molecule has 1 amide bonds. The topological polar surface area (TPSA) is 59.5 Å². The van der Waals surface area contributed by atoms with Crippen LogP contribution in [0.2, 0.25) is 0 Å². The number of aryl methyl sites for hydroxylation is 1. The minimum Gasteiger partial charge on any atom is -0.467 e.